The molecule has 0 saturated heterocycles. The van der Waals surface area contributed by atoms with Gasteiger partial charge in [0.15, 0.2) is 11.5 Å². The van der Waals surface area contributed by atoms with Crippen molar-refractivity contribution in [2.45, 2.75) is 30.5 Å². The summed E-state index contributed by atoms with van der Waals surface area (Å²) >= 11 is 0. The molecular formula is C23H31FN6O3S. The average Bonchev–Trinajstić information content (AvgIpc) is 3.29. The maximum absolute atomic E-state index is 14.6. The minimum atomic E-state index is -2.89. The number of aromatic nitrogens is 4. The Morgan fingerprint density at radius 3 is 2.47 bits per heavy atom. The van der Waals surface area contributed by atoms with Crippen LogP contribution in [-0.4, -0.2) is 41.6 Å². The molecule has 5 N–H and O–H groups in total. The quantitative estimate of drug-likeness (QED) is 0.262. The zero-order valence-electron chi connectivity index (χ0n) is 18.9. The predicted octanol–water partition coefficient (Wildman–Crippen LogP) is 5.56. The van der Waals surface area contributed by atoms with E-state index in [0.717, 1.165) is 5.56 Å². The standard InChI is InChI=1S/C23H25FN6O3S.3H2/c1-13(2)34(31,32)16-7-5-15(6-8-16)19-12-27-21(25)20(28-19)23-30-29-22(33-23)17-9-4-14(11-26-3)10-18(17)24;;;/h4-10,12-13,26,31-32H,11H2,1-3H3,(H2,25,27);3*1H. The Morgan fingerprint density at radius 2 is 1.82 bits per heavy atom. The molecule has 34 heavy (non-hydrogen) atoms. The highest BCUT2D eigenvalue weighted by Gasteiger charge is 2.21. The van der Waals surface area contributed by atoms with E-state index in [1.165, 1.54) is 12.3 Å². The van der Waals surface area contributed by atoms with Crippen molar-refractivity contribution in [1.82, 2.24) is 25.5 Å². The molecule has 0 fully saturated rings. The lowest BCUT2D eigenvalue weighted by Crippen LogP contribution is -2.10. The van der Waals surface area contributed by atoms with E-state index in [1.807, 2.05) is 0 Å². The molecular weight excluding hydrogens is 459 g/mol. The molecule has 0 aliphatic rings. The number of nitrogens with one attached hydrogen (secondary N) is 1. The summed E-state index contributed by atoms with van der Waals surface area (Å²) in [5.41, 5.74) is 8.27. The Balaban J connectivity index is 0.00000228. The fraction of sp³-hybridized carbons (Fsp3) is 0.217. The third-order valence-corrected chi connectivity index (χ3v) is 7.51. The Labute approximate surface area is 202 Å². The van der Waals surface area contributed by atoms with E-state index < -0.39 is 16.4 Å². The summed E-state index contributed by atoms with van der Waals surface area (Å²) in [4.78, 5) is 9.12. The first-order valence-electron chi connectivity index (χ1n) is 10.5. The molecule has 0 spiro atoms. The van der Waals surface area contributed by atoms with Crippen LogP contribution in [0.15, 0.2) is 58.0 Å². The summed E-state index contributed by atoms with van der Waals surface area (Å²) in [6, 6.07) is 11.5. The van der Waals surface area contributed by atoms with Gasteiger partial charge in [-0.15, -0.1) is 10.2 Å². The SMILES string of the molecule is CNCc1ccc(-c2nnc(-c3nc(-c4ccc(S(O)(O)C(C)C)cc4)cnc3N)o2)c(F)c1.[HH].[HH].[HH]. The summed E-state index contributed by atoms with van der Waals surface area (Å²) in [5, 5.41) is 10.6. The van der Waals surface area contributed by atoms with Crippen molar-refractivity contribution < 1.29 is 22.2 Å². The first-order chi connectivity index (χ1) is 16.2. The number of hydrogen-bond donors (Lipinski definition) is 4. The largest absolute Gasteiger partial charge is 0.414 e. The first-order valence-corrected chi connectivity index (χ1v) is 12.1. The van der Waals surface area contributed by atoms with Crippen LogP contribution >= 0.6 is 10.6 Å². The fourth-order valence-corrected chi connectivity index (χ4v) is 4.35. The van der Waals surface area contributed by atoms with Crippen LogP contribution in [0.1, 0.15) is 23.7 Å². The highest BCUT2D eigenvalue weighted by Crippen LogP contribution is 2.52. The van der Waals surface area contributed by atoms with Crippen LogP contribution < -0.4 is 11.1 Å². The molecule has 4 rings (SSSR count). The molecule has 0 unspecified atom stereocenters. The number of rotatable bonds is 7. The fourth-order valence-electron chi connectivity index (χ4n) is 3.27. The summed E-state index contributed by atoms with van der Waals surface area (Å²) in [6.07, 6.45) is 1.49. The lowest BCUT2D eigenvalue weighted by molar-refractivity contribution is 0.476. The zero-order chi connectivity index (χ0) is 24.5. The Morgan fingerprint density at radius 1 is 1.12 bits per heavy atom. The van der Waals surface area contributed by atoms with Gasteiger partial charge in [0.25, 0.3) is 11.8 Å². The summed E-state index contributed by atoms with van der Waals surface area (Å²) in [5.74, 6) is -0.401. The zero-order valence-corrected chi connectivity index (χ0v) is 19.7. The van der Waals surface area contributed by atoms with Gasteiger partial charge in [-0.2, -0.15) is 10.6 Å². The number of nitrogens with two attached hydrogens (primary N) is 1. The molecule has 2 aromatic heterocycles. The molecule has 0 aliphatic carbocycles. The van der Waals surface area contributed by atoms with Crippen molar-refractivity contribution in [3.05, 3.63) is 60.0 Å². The van der Waals surface area contributed by atoms with E-state index >= 15 is 0 Å². The number of nitrogen functional groups attached to an aromatic ring is 1. The lowest BCUT2D eigenvalue weighted by atomic mass is 10.1. The Hall–Kier alpha value is -3.38. The normalized spacial score (nSPS) is 12.3. The van der Waals surface area contributed by atoms with Crippen molar-refractivity contribution in [1.29, 1.82) is 0 Å². The average molecular weight is 491 g/mol. The van der Waals surface area contributed by atoms with Crippen LogP contribution in [0.25, 0.3) is 34.3 Å². The van der Waals surface area contributed by atoms with Crippen LogP contribution in [0.2, 0.25) is 0 Å². The number of nitrogens with zero attached hydrogens (tertiary/aromatic N) is 4. The maximum atomic E-state index is 14.6. The van der Waals surface area contributed by atoms with Crippen molar-refractivity contribution >= 4 is 16.4 Å². The van der Waals surface area contributed by atoms with Crippen LogP contribution in [-0.2, 0) is 6.54 Å². The molecule has 0 saturated carbocycles. The van der Waals surface area contributed by atoms with E-state index in [1.54, 1.807) is 57.3 Å². The lowest BCUT2D eigenvalue weighted by Gasteiger charge is -2.36. The van der Waals surface area contributed by atoms with Gasteiger partial charge in [-0.3, -0.25) is 9.11 Å². The molecule has 184 valence electrons. The molecule has 0 aliphatic heterocycles. The van der Waals surface area contributed by atoms with E-state index in [0.29, 0.717) is 22.7 Å². The van der Waals surface area contributed by atoms with Crippen LogP contribution in [0.4, 0.5) is 10.2 Å². The topological polar surface area (TPSA) is 143 Å². The van der Waals surface area contributed by atoms with Gasteiger partial charge < -0.3 is 15.5 Å². The number of hydrogen-bond acceptors (Lipinski definition) is 9. The van der Waals surface area contributed by atoms with Gasteiger partial charge in [0.05, 0.1) is 22.3 Å². The van der Waals surface area contributed by atoms with E-state index in [-0.39, 0.29) is 38.4 Å². The molecule has 2 aromatic carbocycles. The van der Waals surface area contributed by atoms with Gasteiger partial charge in [-0.05, 0) is 50.7 Å². The monoisotopic (exact) mass is 490 g/mol. The van der Waals surface area contributed by atoms with Crippen molar-refractivity contribution in [2.24, 2.45) is 0 Å². The van der Waals surface area contributed by atoms with Gasteiger partial charge in [-0.25, -0.2) is 14.4 Å². The number of halogens is 1. The summed E-state index contributed by atoms with van der Waals surface area (Å²) < 4.78 is 40.9. The minimum absolute atomic E-state index is 0. The summed E-state index contributed by atoms with van der Waals surface area (Å²) in [6.45, 7) is 4.03. The van der Waals surface area contributed by atoms with Gasteiger partial charge >= 0.3 is 0 Å². The molecule has 0 atom stereocenters. The second kappa shape index (κ2) is 9.47. The third-order valence-electron chi connectivity index (χ3n) is 5.23. The predicted molar refractivity (Wildman–Crippen MR) is 136 cm³/mol. The van der Waals surface area contributed by atoms with Crippen molar-refractivity contribution in [3.63, 3.8) is 0 Å². The van der Waals surface area contributed by atoms with Crippen LogP contribution in [0, 0.1) is 5.82 Å². The van der Waals surface area contributed by atoms with Crippen LogP contribution in [0.3, 0.4) is 0 Å². The Bertz CT molecular complexity index is 1330. The van der Waals surface area contributed by atoms with Crippen LogP contribution in [0.5, 0.6) is 0 Å². The van der Waals surface area contributed by atoms with Crippen molar-refractivity contribution in [3.8, 4) is 34.3 Å². The highest BCUT2D eigenvalue weighted by molar-refractivity contribution is 8.24. The maximum Gasteiger partial charge on any atom is 0.270 e. The van der Waals surface area contributed by atoms with E-state index in [4.69, 9.17) is 10.2 Å². The second-order valence-electron chi connectivity index (χ2n) is 7.91. The van der Waals surface area contributed by atoms with E-state index in [2.05, 4.69) is 25.5 Å². The molecule has 0 radical (unpaired) electrons. The van der Waals surface area contributed by atoms with Gasteiger partial charge in [0, 0.05) is 21.6 Å². The molecule has 4 aromatic rings. The van der Waals surface area contributed by atoms with E-state index in [9.17, 15) is 13.5 Å². The van der Waals surface area contributed by atoms with Gasteiger partial charge in [-0.1, -0.05) is 18.2 Å². The third kappa shape index (κ3) is 4.64. The molecule has 9 nitrogen and oxygen atoms in total. The molecule has 2 heterocycles. The summed E-state index contributed by atoms with van der Waals surface area (Å²) in [7, 11) is -1.11. The molecule has 0 amide bonds. The molecule has 11 heteroatoms. The minimum Gasteiger partial charge on any atom is -0.414 e. The number of anilines is 1. The van der Waals surface area contributed by atoms with Crippen molar-refractivity contribution in [2.75, 3.05) is 12.8 Å². The smallest absolute Gasteiger partial charge is 0.270 e. The van der Waals surface area contributed by atoms with Gasteiger partial charge in [0.2, 0.25) is 0 Å². The highest BCUT2D eigenvalue weighted by atomic mass is 32.3. The second-order valence-corrected chi connectivity index (χ2v) is 10.5. The van der Waals surface area contributed by atoms with Gasteiger partial charge in [0.1, 0.15) is 5.82 Å². The first kappa shape index (κ1) is 23.8. The molecule has 0 bridgehead atoms. The Kier molecular flexibility index (Phi) is 6.62. The number of benzene rings is 2.